The molecule has 2 N–H and O–H groups in total. The van der Waals surface area contributed by atoms with Crippen LogP contribution in [0.5, 0.6) is 0 Å². The predicted octanol–water partition coefficient (Wildman–Crippen LogP) is 2.16. The van der Waals surface area contributed by atoms with Crippen LogP contribution in [0.4, 0.5) is 0 Å². The van der Waals surface area contributed by atoms with Crippen LogP contribution in [0, 0.1) is 0 Å². The quantitative estimate of drug-likeness (QED) is 0.758. The third-order valence-electron chi connectivity index (χ3n) is 4.28. The fourth-order valence-electron chi connectivity index (χ4n) is 3.12. The van der Waals surface area contributed by atoms with E-state index < -0.39 is 6.10 Å². The molecule has 24 heavy (non-hydrogen) atoms. The SMILES string of the molecule is O=C(c1ccccc1-c1ncn[nH]1)N1Cc2ccccc2C(O)C1. The van der Waals surface area contributed by atoms with Crippen LogP contribution in [-0.2, 0) is 6.54 Å². The molecule has 0 saturated heterocycles. The largest absolute Gasteiger partial charge is 0.387 e. The number of aliphatic hydroxyl groups excluding tert-OH is 1. The summed E-state index contributed by atoms with van der Waals surface area (Å²) in [5.74, 6) is 0.424. The van der Waals surface area contributed by atoms with E-state index in [4.69, 9.17) is 0 Å². The van der Waals surface area contributed by atoms with E-state index in [1.54, 1.807) is 11.0 Å². The normalized spacial score (nSPS) is 16.7. The van der Waals surface area contributed by atoms with Gasteiger partial charge in [-0.2, -0.15) is 5.10 Å². The van der Waals surface area contributed by atoms with Crippen molar-refractivity contribution >= 4 is 5.91 Å². The number of aromatic nitrogens is 3. The van der Waals surface area contributed by atoms with Crippen molar-refractivity contribution in [3.63, 3.8) is 0 Å². The van der Waals surface area contributed by atoms with E-state index in [9.17, 15) is 9.90 Å². The molecular weight excluding hydrogens is 304 g/mol. The zero-order valence-electron chi connectivity index (χ0n) is 12.9. The summed E-state index contributed by atoms with van der Waals surface area (Å²) in [6.07, 6.45) is 0.744. The number of benzene rings is 2. The van der Waals surface area contributed by atoms with Crippen molar-refractivity contribution in [2.24, 2.45) is 0 Å². The highest BCUT2D eigenvalue weighted by atomic mass is 16.3. The molecule has 4 rings (SSSR count). The summed E-state index contributed by atoms with van der Waals surface area (Å²) >= 11 is 0. The Hall–Kier alpha value is -2.99. The number of aliphatic hydroxyl groups is 1. The van der Waals surface area contributed by atoms with Crippen LogP contribution in [0.1, 0.15) is 27.6 Å². The average molecular weight is 320 g/mol. The van der Waals surface area contributed by atoms with E-state index in [2.05, 4.69) is 15.2 Å². The number of nitrogens with zero attached hydrogens (tertiary/aromatic N) is 3. The Morgan fingerprint density at radius 1 is 1.17 bits per heavy atom. The summed E-state index contributed by atoms with van der Waals surface area (Å²) in [4.78, 5) is 18.8. The van der Waals surface area contributed by atoms with Crippen molar-refractivity contribution in [3.8, 4) is 11.4 Å². The third kappa shape index (κ3) is 2.47. The molecule has 1 atom stereocenters. The molecule has 6 nitrogen and oxygen atoms in total. The maximum Gasteiger partial charge on any atom is 0.255 e. The number of carbonyl (C=O) groups is 1. The van der Waals surface area contributed by atoms with Gasteiger partial charge in [0.05, 0.1) is 18.2 Å². The van der Waals surface area contributed by atoms with E-state index in [0.717, 1.165) is 11.1 Å². The van der Waals surface area contributed by atoms with Crippen molar-refractivity contribution in [2.45, 2.75) is 12.6 Å². The minimum atomic E-state index is -0.670. The smallest absolute Gasteiger partial charge is 0.255 e. The number of amides is 1. The summed E-state index contributed by atoms with van der Waals surface area (Å²) in [5, 5.41) is 17.0. The van der Waals surface area contributed by atoms with Gasteiger partial charge in [-0.15, -0.1) is 0 Å². The Kier molecular flexibility index (Phi) is 3.59. The predicted molar refractivity (Wildman–Crippen MR) is 88.0 cm³/mol. The monoisotopic (exact) mass is 320 g/mol. The van der Waals surface area contributed by atoms with Gasteiger partial charge in [-0.1, -0.05) is 42.5 Å². The maximum absolute atomic E-state index is 13.0. The van der Waals surface area contributed by atoms with Gasteiger partial charge < -0.3 is 10.0 Å². The molecule has 1 aliphatic rings. The molecule has 0 saturated carbocycles. The minimum Gasteiger partial charge on any atom is -0.387 e. The molecule has 0 bridgehead atoms. The number of nitrogens with one attached hydrogen (secondary N) is 1. The molecule has 1 aliphatic heterocycles. The molecule has 0 aliphatic carbocycles. The lowest BCUT2D eigenvalue weighted by molar-refractivity contribution is 0.0550. The standard InChI is InChI=1S/C18H16N4O2/c23-16-10-22(9-12-5-1-2-6-13(12)16)18(24)15-8-4-3-7-14(15)17-19-11-20-21-17/h1-8,11,16,23H,9-10H2,(H,19,20,21). The number of hydrogen-bond acceptors (Lipinski definition) is 4. The molecule has 2 heterocycles. The minimum absolute atomic E-state index is 0.129. The number of carbonyl (C=O) groups excluding carboxylic acids is 1. The second-order valence-electron chi connectivity index (χ2n) is 5.78. The number of aromatic amines is 1. The number of fused-ring (bicyclic) bond motifs is 1. The van der Waals surface area contributed by atoms with Crippen molar-refractivity contribution < 1.29 is 9.90 Å². The first-order valence-corrected chi connectivity index (χ1v) is 7.74. The number of hydrogen-bond donors (Lipinski definition) is 2. The van der Waals surface area contributed by atoms with E-state index in [0.29, 0.717) is 23.5 Å². The van der Waals surface area contributed by atoms with Crippen LogP contribution >= 0.6 is 0 Å². The first-order valence-electron chi connectivity index (χ1n) is 7.74. The van der Waals surface area contributed by atoms with Crippen LogP contribution in [-0.4, -0.2) is 37.6 Å². The van der Waals surface area contributed by atoms with Crippen molar-refractivity contribution in [1.29, 1.82) is 0 Å². The Bertz CT molecular complexity index is 876. The number of rotatable bonds is 2. The van der Waals surface area contributed by atoms with Crippen molar-refractivity contribution in [1.82, 2.24) is 20.1 Å². The van der Waals surface area contributed by atoms with E-state index in [1.165, 1.54) is 6.33 Å². The number of H-pyrrole nitrogens is 1. The Balaban J connectivity index is 1.69. The van der Waals surface area contributed by atoms with Gasteiger partial charge in [-0.3, -0.25) is 9.89 Å². The highest BCUT2D eigenvalue weighted by molar-refractivity contribution is 6.00. The molecule has 1 unspecified atom stereocenters. The highest BCUT2D eigenvalue weighted by Crippen LogP contribution is 2.29. The lowest BCUT2D eigenvalue weighted by atomic mass is 9.96. The first-order chi connectivity index (χ1) is 11.7. The van der Waals surface area contributed by atoms with Crippen molar-refractivity contribution in [2.75, 3.05) is 6.54 Å². The summed E-state index contributed by atoms with van der Waals surface area (Å²) in [7, 11) is 0. The van der Waals surface area contributed by atoms with Crippen LogP contribution in [0.2, 0.25) is 0 Å². The molecular formula is C18H16N4O2. The lowest BCUT2D eigenvalue weighted by Crippen LogP contribution is -2.38. The summed E-state index contributed by atoms with van der Waals surface area (Å²) in [6, 6.07) is 15.0. The summed E-state index contributed by atoms with van der Waals surface area (Å²) < 4.78 is 0. The third-order valence-corrected chi connectivity index (χ3v) is 4.28. The molecule has 1 amide bonds. The van der Waals surface area contributed by atoms with Gasteiger partial charge in [0.25, 0.3) is 5.91 Å². The topological polar surface area (TPSA) is 82.1 Å². The zero-order chi connectivity index (χ0) is 16.5. The Labute approximate surface area is 138 Å². The molecule has 0 fully saturated rings. The Morgan fingerprint density at radius 2 is 1.96 bits per heavy atom. The fraction of sp³-hybridized carbons (Fsp3) is 0.167. The van der Waals surface area contributed by atoms with Crippen molar-refractivity contribution in [3.05, 3.63) is 71.5 Å². The molecule has 2 aromatic carbocycles. The molecule has 0 radical (unpaired) electrons. The summed E-state index contributed by atoms with van der Waals surface area (Å²) in [6.45, 7) is 0.761. The number of β-amino-alcohol motifs (C(OH)–C–C–N with tert-alkyl or cyclic N) is 1. The molecule has 0 spiro atoms. The van der Waals surface area contributed by atoms with Gasteiger partial charge in [0.2, 0.25) is 0 Å². The first kappa shape index (κ1) is 14.6. The zero-order valence-corrected chi connectivity index (χ0v) is 12.9. The second-order valence-corrected chi connectivity index (χ2v) is 5.78. The highest BCUT2D eigenvalue weighted by Gasteiger charge is 2.28. The van der Waals surface area contributed by atoms with Gasteiger partial charge in [-0.05, 0) is 17.2 Å². The van der Waals surface area contributed by atoms with Gasteiger partial charge in [-0.25, -0.2) is 4.98 Å². The molecule has 1 aromatic heterocycles. The fourth-order valence-corrected chi connectivity index (χ4v) is 3.12. The van der Waals surface area contributed by atoms with E-state index >= 15 is 0 Å². The van der Waals surface area contributed by atoms with Crippen LogP contribution in [0.15, 0.2) is 54.9 Å². The van der Waals surface area contributed by atoms with E-state index in [-0.39, 0.29) is 12.5 Å². The van der Waals surface area contributed by atoms with E-state index in [1.807, 2.05) is 42.5 Å². The average Bonchev–Trinajstić information content (AvgIpc) is 3.15. The van der Waals surface area contributed by atoms with Gasteiger partial charge >= 0.3 is 0 Å². The Morgan fingerprint density at radius 3 is 2.79 bits per heavy atom. The summed E-state index contributed by atoms with van der Waals surface area (Å²) in [5.41, 5.74) is 3.11. The van der Waals surface area contributed by atoms with Crippen LogP contribution < -0.4 is 0 Å². The van der Waals surface area contributed by atoms with Gasteiger partial charge in [0.15, 0.2) is 5.82 Å². The molecule has 3 aromatic rings. The van der Waals surface area contributed by atoms with Gasteiger partial charge in [0, 0.05) is 12.1 Å². The molecule has 120 valence electrons. The lowest BCUT2D eigenvalue weighted by Gasteiger charge is -2.32. The molecule has 6 heteroatoms. The van der Waals surface area contributed by atoms with Crippen LogP contribution in [0.25, 0.3) is 11.4 Å². The second kappa shape index (κ2) is 5.90. The van der Waals surface area contributed by atoms with Gasteiger partial charge in [0.1, 0.15) is 6.33 Å². The maximum atomic E-state index is 13.0. The van der Waals surface area contributed by atoms with Crippen LogP contribution in [0.3, 0.4) is 0 Å².